The van der Waals surface area contributed by atoms with Crippen molar-refractivity contribution >= 4 is 10.2 Å². The van der Waals surface area contributed by atoms with Gasteiger partial charge in [-0.25, -0.2) is 0 Å². The van der Waals surface area contributed by atoms with E-state index in [1.807, 2.05) is 0 Å². The quantitative estimate of drug-likeness (QED) is 0.860. The Kier molecular flexibility index (Phi) is 5.68. The van der Waals surface area contributed by atoms with Crippen molar-refractivity contribution in [3.8, 4) is 0 Å². The molecule has 0 bridgehead atoms. The van der Waals surface area contributed by atoms with E-state index in [1.54, 1.807) is 8.61 Å². The van der Waals surface area contributed by atoms with Crippen LogP contribution in [0.2, 0.25) is 0 Å². The van der Waals surface area contributed by atoms with Crippen LogP contribution in [0, 0.1) is 5.92 Å². The Bertz CT molecular complexity index is 425. The molecule has 6 heteroatoms. The first-order valence-corrected chi connectivity index (χ1v) is 9.69. The lowest BCUT2D eigenvalue weighted by Gasteiger charge is -2.37. The largest absolute Gasteiger partial charge is 0.312 e. The molecule has 2 rings (SSSR count). The van der Waals surface area contributed by atoms with Crippen LogP contribution >= 0.6 is 0 Å². The minimum absolute atomic E-state index is 0.0913. The molecule has 0 spiro atoms. The van der Waals surface area contributed by atoms with Crippen LogP contribution in [-0.2, 0) is 10.2 Å². The van der Waals surface area contributed by atoms with Gasteiger partial charge in [-0.1, -0.05) is 6.42 Å². The molecular formula is C15H31N3O2S. The first-order valence-electron chi connectivity index (χ1n) is 8.29. The Morgan fingerprint density at radius 2 is 1.62 bits per heavy atom. The fourth-order valence-electron chi connectivity index (χ4n) is 3.11. The predicted octanol–water partition coefficient (Wildman–Crippen LogP) is 1.82. The van der Waals surface area contributed by atoms with Crippen molar-refractivity contribution in [3.63, 3.8) is 0 Å². The van der Waals surface area contributed by atoms with Gasteiger partial charge in [0.15, 0.2) is 0 Å². The fourth-order valence-corrected chi connectivity index (χ4v) is 4.92. The first-order chi connectivity index (χ1) is 9.79. The fraction of sp³-hybridized carbons (Fsp3) is 1.00. The molecule has 0 aromatic heterocycles. The van der Waals surface area contributed by atoms with E-state index in [2.05, 4.69) is 26.1 Å². The number of hydrogen-bond acceptors (Lipinski definition) is 3. The molecule has 2 heterocycles. The second kappa shape index (κ2) is 6.94. The molecule has 124 valence electrons. The molecule has 0 amide bonds. The third kappa shape index (κ3) is 4.91. The summed E-state index contributed by atoms with van der Waals surface area (Å²) in [6.45, 7) is 10.1. The second-order valence-corrected chi connectivity index (χ2v) is 9.39. The van der Waals surface area contributed by atoms with E-state index in [0.29, 0.717) is 32.1 Å². The summed E-state index contributed by atoms with van der Waals surface area (Å²) >= 11 is 0. The van der Waals surface area contributed by atoms with E-state index in [9.17, 15) is 8.42 Å². The van der Waals surface area contributed by atoms with Crippen LogP contribution in [0.3, 0.4) is 0 Å². The topological polar surface area (TPSA) is 52.7 Å². The highest BCUT2D eigenvalue weighted by Gasteiger charge is 2.34. The second-order valence-electron chi connectivity index (χ2n) is 7.46. The summed E-state index contributed by atoms with van der Waals surface area (Å²) in [5.41, 5.74) is 0.0913. The third-order valence-corrected chi connectivity index (χ3v) is 6.37. The van der Waals surface area contributed by atoms with Crippen molar-refractivity contribution < 1.29 is 8.42 Å². The lowest BCUT2D eigenvalue weighted by molar-refractivity contribution is 0.225. The van der Waals surface area contributed by atoms with Crippen molar-refractivity contribution in [1.29, 1.82) is 0 Å². The molecule has 0 aromatic carbocycles. The number of nitrogens with one attached hydrogen (secondary N) is 1. The summed E-state index contributed by atoms with van der Waals surface area (Å²) in [4.78, 5) is 0. The SMILES string of the molecule is CC(C)(C)NCC1CCCN(S(=O)(=O)N2CCCCC2)C1. The molecule has 0 aliphatic carbocycles. The number of hydrogen-bond donors (Lipinski definition) is 1. The van der Waals surface area contributed by atoms with Gasteiger partial charge in [0.2, 0.25) is 0 Å². The zero-order chi connectivity index (χ0) is 15.5. The Morgan fingerprint density at radius 1 is 1.00 bits per heavy atom. The average Bonchev–Trinajstić information content (AvgIpc) is 2.46. The summed E-state index contributed by atoms with van der Waals surface area (Å²) < 4.78 is 28.8. The first kappa shape index (κ1) is 17.2. The molecule has 1 N–H and O–H groups in total. The van der Waals surface area contributed by atoms with Gasteiger partial charge in [0.05, 0.1) is 0 Å². The van der Waals surface area contributed by atoms with Gasteiger partial charge in [-0.3, -0.25) is 0 Å². The highest BCUT2D eigenvalue weighted by atomic mass is 32.2. The molecule has 0 radical (unpaired) electrons. The predicted molar refractivity (Wildman–Crippen MR) is 86.4 cm³/mol. The molecule has 0 saturated carbocycles. The van der Waals surface area contributed by atoms with Gasteiger partial charge < -0.3 is 5.32 Å². The van der Waals surface area contributed by atoms with E-state index < -0.39 is 10.2 Å². The van der Waals surface area contributed by atoms with Gasteiger partial charge >= 0.3 is 0 Å². The molecule has 1 atom stereocenters. The summed E-state index contributed by atoms with van der Waals surface area (Å²) in [6.07, 6.45) is 5.26. The van der Waals surface area contributed by atoms with Crippen molar-refractivity contribution in [2.75, 3.05) is 32.7 Å². The molecular weight excluding hydrogens is 286 g/mol. The molecule has 21 heavy (non-hydrogen) atoms. The van der Waals surface area contributed by atoms with Crippen molar-refractivity contribution in [2.45, 2.75) is 58.4 Å². The Labute approximate surface area is 130 Å². The van der Waals surface area contributed by atoms with Crippen molar-refractivity contribution in [3.05, 3.63) is 0 Å². The van der Waals surface area contributed by atoms with E-state index in [0.717, 1.165) is 38.6 Å². The molecule has 2 aliphatic heterocycles. The Hall–Kier alpha value is -0.170. The summed E-state index contributed by atoms with van der Waals surface area (Å²) in [5, 5.41) is 3.51. The van der Waals surface area contributed by atoms with E-state index >= 15 is 0 Å². The average molecular weight is 317 g/mol. The summed E-state index contributed by atoms with van der Waals surface area (Å²) in [7, 11) is -3.23. The molecule has 2 aliphatic rings. The van der Waals surface area contributed by atoms with Crippen molar-refractivity contribution in [2.24, 2.45) is 5.92 Å². The van der Waals surface area contributed by atoms with Crippen LogP contribution in [0.25, 0.3) is 0 Å². The van der Waals surface area contributed by atoms with E-state index in [1.165, 1.54) is 0 Å². The van der Waals surface area contributed by atoms with Gasteiger partial charge in [0.25, 0.3) is 10.2 Å². The van der Waals surface area contributed by atoms with Gasteiger partial charge in [-0.15, -0.1) is 0 Å². The lowest BCUT2D eigenvalue weighted by atomic mass is 9.98. The minimum Gasteiger partial charge on any atom is -0.312 e. The van der Waals surface area contributed by atoms with Crippen LogP contribution < -0.4 is 5.32 Å². The number of rotatable bonds is 4. The zero-order valence-electron chi connectivity index (χ0n) is 13.8. The van der Waals surface area contributed by atoms with Crippen LogP contribution in [0.5, 0.6) is 0 Å². The van der Waals surface area contributed by atoms with Crippen LogP contribution in [-0.4, -0.2) is 55.3 Å². The van der Waals surface area contributed by atoms with Gasteiger partial charge in [0.1, 0.15) is 0 Å². The van der Waals surface area contributed by atoms with Crippen molar-refractivity contribution in [1.82, 2.24) is 13.9 Å². The Morgan fingerprint density at radius 3 is 2.24 bits per heavy atom. The lowest BCUT2D eigenvalue weighted by Crippen LogP contribution is -2.51. The summed E-state index contributed by atoms with van der Waals surface area (Å²) in [6, 6.07) is 0. The minimum atomic E-state index is -3.23. The van der Waals surface area contributed by atoms with Crippen LogP contribution in [0.4, 0.5) is 0 Å². The van der Waals surface area contributed by atoms with E-state index in [-0.39, 0.29) is 5.54 Å². The maximum Gasteiger partial charge on any atom is 0.281 e. The third-order valence-electron chi connectivity index (χ3n) is 4.37. The number of nitrogens with zero attached hydrogens (tertiary/aromatic N) is 2. The van der Waals surface area contributed by atoms with Crippen LogP contribution in [0.1, 0.15) is 52.9 Å². The van der Waals surface area contributed by atoms with Gasteiger partial charge in [0, 0.05) is 31.7 Å². The smallest absolute Gasteiger partial charge is 0.281 e. The number of piperidine rings is 2. The molecule has 0 aromatic rings. The van der Waals surface area contributed by atoms with Crippen LogP contribution in [0.15, 0.2) is 0 Å². The Balaban J connectivity index is 1.93. The van der Waals surface area contributed by atoms with Gasteiger partial charge in [-0.2, -0.15) is 17.0 Å². The standard InChI is InChI=1S/C15H31N3O2S/c1-15(2,3)16-12-14-8-7-11-18(13-14)21(19,20)17-9-5-4-6-10-17/h14,16H,4-13H2,1-3H3. The molecule has 2 saturated heterocycles. The highest BCUT2D eigenvalue weighted by molar-refractivity contribution is 7.86. The highest BCUT2D eigenvalue weighted by Crippen LogP contribution is 2.23. The molecule has 1 unspecified atom stereocenters. The maximum atomic E-state index is 12.7. The molecule has 2 fully saturated rings. The summed E-state index contributed by atoms with van der Waals surface area (Å²) in [5.74, 6) is 0.428. The monoisotopic (exact) mass is 317 g/mol. The maximum absolute atomic E-state index is 12.7. The zero-order valence-corrected chi connectivity index (χ0v) is 14.6. The normalized spacial score (nSPS) is 26.9. The van der Waals surface area contributed by atoms with E-state index in [4.69, 9.17) is 0 Å². The van der Waals surface area contributed by atoms with Gasteiger partial charge in [-0.05, 0) is 58.9 Å². The molecule has 5 nitrogen and oxygen atoms in total.